The maximum Gasteiger partial charge on any atom is 0.0912 e. The van der Waals surface area contributed by atoms with E-state index in [1.807, 2.05) is 6.08 Å². The third kappa shape index (κ3) is 8.33. The molecule has 1 aromatic rings. The fourth-order valence-electron chi connectivity index (χ4n) is 5.78. The second-order valence-corrected chi connectivity index (χ2v) is 10.1. The highest BCUT2D eigenvalue weighted by atomic mass is 14.3. The van der Waals surface area contributed by atoms with E-state index in [-0.39, 0.29) is 0 Å². The van der Waals surface area contributed by atoms with Gasteiger partial charge in [-0.15, -0.1) is 0 Å². The minimum atomic E-state index is 0.730. The van der Waals surface area contributed by atoms with E-state index in [4.69, 9.17) is 5.26 Å². The van der Waals surface area contributed by atoms with Gasteiger partial charge in [-0.3, -0.25) is 0 Å². The Morgan fingerprint density at radius 3 is 2.10 bits per heavy atom. The van der Waals surface area contributed by atoms with Crippen molar-refractivity contribution in [3.63, 3.8) is 0 Å². The molecule has 0 aromatic heterocycles. The van der Waals surface area contributed by atoms with Gasteiger partial charge in [0.2, 0.25) is 0 Å². The molecule has 0 spiro atoms. The van der Waals surface area contributed by atoms with Gasteiger partial charge in [0.15, 0.2) is 0 Å². The molecule has 0 amide bonds. The molecule has 1 heteroatoms. The van der Waals surface area contributed by atoms with Crippen molar-refractivity contribution in [3.8, 4) is 6.07 Å². The van der Waals surface area contributed by atoms with Crippen LogP contribution in [0.1, 0.15) is 107 Å². The first-order valence-electron chi connectivity index (χ1n) is 13.1. The lowest BCUT2D eigenvalue weighted by molar-refractivity contribution is 0.246. The Morgan fingerprint density at radius 2 is 1.48 bits per heavy atom. The highest BCUT2D eigenvalue weighted by Crippen LogP contribution is 2.40. The van der Waals surface area contributed by atoms with E-state index >= 15 is 0 Å². The summed E-state index contributed by atoms with van der Waals surface area (Å²) in [5.74, 6) is 3.46. The van der Waals surface area contributed by atoms with Crippen molar-refractivity contribution in [3.05, 3.63) is 59.7 Å². The molecule has 1 aromatic carbocycles. The summed E-state index contributed by atoms with van der Waals surface area (Å²) < 4.78 is 0. The summed E-state index contributed by atoms with van der Waals surface area (Å²) in [5.41, 5.74) is 3.11. The van der Waals surface area contributed by atoms with Crippen LogP contribution in [-0.4, -0.2) is 0 Å². The first-order valence-corrected chi connectivity index (χ1v) is 13.1. The Balaban J connectivity index is 1.31. The second kappa shape index (κ2) is 13.6. The average Bonchev–Trinajstić information content (AvgIpc) is 2.82. The van der Waals surface area contributed by atoms with Crippen LogP contribution in [0.3, 0.4) is 0 Å². The van der Waals surface area contributed by atoms with Gasteiger partial charge in [-0.25, -0.2) is 0 Å². The number of unbranched alkanes of at least 4 members (excludes halogenated alkanes) is 2. The van der Waals surface area contributed by atoms with Crippen LogP contribution >= 0.6 is 0 Å². The van der Waals surface area contributed by atoms with Crippen LogP contribution in [0, 0.1) is 29.1 Å². The van der Waals surface area contributed by atoms with E-state index in [2.05, 4.69) is 49.4 Å². The lowest BCUT2D eigenvalue weighted by Gasteiger charge is -2.31. The van der Waals surface area contributed by atoms with Gasteiger partial charge < -0.3 is 0 Å². The van der Waals surface area contributed by atoms with Gasteiger partial charge in [0.25, 0.3) is 0 Å². The highest BCUT2D eigenvalue weighted by Gasteiger charge is 2.24. The van der Waals surface area contributed by atoms with E-state index in [1.54, 1.807) is 11.6 Å². The third-order valence-corrected chi connectivity index (χ3v) is 7.91. The van der Waals surface area contributed by atoms with Gasteiger partial charge in [-0.05, 0) is 99.0 Å². The van der Waals surface area contributed by atoms with E-state index in [0.717, 1.165) is 23.7 Å². The Kier molecular flexibility index (Phi) is 10.4. The molecular formula is C30H43N. The molecule has 0 radical (unpaired) electrons. The number of nitrogens with zero attached hydrogens (tertiary/aromatic N) is 1. The molecule has 2 fully saturated rings. The number of benzene rings is 1. The SMILES string of the molecule is CCCCCc1ccc(C2CCC(CCC3CCC(C=CC=CC#N)CC3)CC2)cc1. The fourth-order valence-corrected chi connectivity index (χ4v) is 5.78. The monoisotopic (exact) mass is 417 g/mol. The Bertz CT molecular complexity index is 704. The highest BCUT2D eigenvalue weighted by molar-refractivity contribution is 5.26. The van der Waals surface area contributed by atoms with Crippen molar-refractivity contribution in [1.29, 1.82) is 5.26 Å². The molecule has 0 bridgehead atoms. The van der Waals surface area contributed by atoms with Gasteiger partial charge in [0, 0.05) is 6.08 Å². The van der Waals surface area contributed by atoms with E-state index < -0.39 is 0 Å². The third-order valence-electron chi connectivity index (χ3n) is 7.91. The normalized spacial score (nSPS) is 27.0. The van der Waals surface area contributed by atoms with E-state index in [0.29, 0.717) is 0 Å². The molecule has 2 aliphatic carbocycles. The zero-order valence-electron chi connectivity index (χ0n) is 19.8. The van der Waals surface area contributed by atoms with Crippen LogP contribution in [0.4, 0.5) is 0 Å². The van der Waals surface area contributed by atoms with Gasteiger partial charge >= 0.3 is 0 Å². The summed E-state index contributed by atoms with van der Waals surface area (Å²) >= 11 is 0. The van der Waals surface area contributed by atoms with Gasteiger partial charge in [0.1, 0.15) is 0 Å². The molecule has 31 heavy (non-hydrogen) atoms. The summed E-state index contributed by atoms with van der Waals surface area (Å²) in [7, 11) is 0. The van der Waals surface area contributed by atoms with Crippen LogP contribution in [0.2, 0.25) is 0 Å². The topological polar surface area (TPSA) is 23.8 Å². The van der Waals surface area contributed by atoms with Crippen molar-refractivity contribution >= 4 is 0 Å². The number of nitriles is 1. The Hall–Kier alpha value is -1.81. The lowest BCUT2D eigenvalue weighted by atomic mass is 9.74. The largest absolute Gasteiger partial charge is 0.193 e. The molecule has 1 nitrogen and oxygen atoms in total. The van der Waals surface area contributed by atoms with Crippen molar-refractivity contribution < 1.29 is 0 Å². The molecule has 0 heterocycles. The first-order chi connectivity index (χ1) is 15.3. The smallest absolute Gasteiger partial charge is 0.0912 e. The summed E-state index contributed by atoms with van der Waals surface area (Å²) in [6, 6.07) is 11.7. The van der Waals surface area contributed by atoms with Crippen molar-refractivity contribution in [2.45, 2.75) is 103 Å². The van der Waals surface area contributed by atoms with Gasteiger partial charge in [-0.1, -0.05) is 75.1 Å². The van der Waals surface area contributed by atoms with Crippen LogP contribution in [-0.2, 0) is 6.42 Å². The zero-order chi connectivity index (χ0) is 21.7. The first kappa shape index (κ1) is 23.8. The number of hydrogen-bond acceptors (Lipinski definition) is 1. The number of hydrogen-bond donors (Lipinski definition) is 0. The van der Waals surface area contributed by atoms with E-state index in [1.165, 1.54) is 95.5 Å². The van der Waals surface area contributed by atoms with Gasteiger partial charge in [0.05, 0.1) is 6.07 Å². The van der Waals surface area contributed by atoms with Crippen LogP contribution < -0.4 is 0 Å². The summed E-state index contributed by atoms with van der Waals surface area (Å²) in [4.78, 5) is 0. The molecule has 3 rings (SSSR count). The molecule has 0 atom stereocenters. The molecule has 2 saturated carbocycles. The molecule has 2 aliphatic rings. The second-order valence-electron chi connectivity index (χ2n) is 10.1. The van der Waals surface area contributed by atoms with Crippen LogP contribution in [0.25, 0.3) is 0 Å². The predicted molar refractivity (Wildman–Crippen MR) is 133 cm³/mol. The van der Waals surface area contributed by atoms with Gasteiger partial charge in [-0.2, -0.15) is 5.26 Å². The number of allylic oxidation sites excluding steroid dienone is 4. The lowest BCUT2D eigenvalue weighted by Crippen LogP contribution is -2.17. The standard InChI is InChI=1S/C30H43N/c1-2-3-5-8-26-16-20-29(21-17-26)30-22-18-28(19-23-30)15-14-27-12-10-25(11-13-27)9-6-4-7-24-31/h4,6-7,9,16-17,20-21,25,27-28,30H,2-3,5,8,10-15,18-19,22-23H2,1H3. The van der Waals surface area contributed by atoms with E-state index in [9.17, 15) is 0 Å². The molecular weight excluding hydrogens is 374 g/mol. The minimum Gasteiger partial charge on any atom is -0.193 e. The van der Waals surface area contributed by atoms with Crippen molar-refractivity contribution in [2.24, 2.45) is 17.8 Å². The Labute approximate surface area is 191 Å². The quantitative estimate of drug-likeness (QED) is 0.212. The predicted octanol–water partition coefficient (Wildman–Crippen LogP) is 8.92. The van der Waals surface area contributed by atoms with Crippen molar-refractivity contribution in [1.82, 2.24) is 0 Å². The maximum absolute atomic E-state index is 8.55. The van der Waals surface area contributed by atoms with Crippen molar-refractivity contribution in [2.75, 3.05) is 0 Å². The average molecular weight is 418 g/mol. The molecule has 0 N–H and O–H groups in total. The number of aryl methyl sites for hydroxylation is 1. The summed E-state index contributed by atoms with van der Waals surface area (Å²) in [5, 5.41) is 8.55. The van der Waals surface area contributed by atoms with Crippen LogP contribution in [0.15, 0.2) is 48.6 Å². The number of rotatable bonds is 10. The Morgan fingerprint density at radius 1 is 0.839 bits per heavy atom. The molecule has 0 aliphatic heterocycles. The fraction of sp³-hybridized carbons (Fsp3) is 0.633. The molecule has 168 valence electrons. The molecule has 0 saturated heterocycles. The van der Waals surface area contributed by atoms with Crippen LogP contribution in [0.5, 0.6) is 0 Å². The molecule has 0 unspecified atom stereocenters. The summed E-state index contributed by atoms with van der Waals surface area (Å²) in [6.07, 6.45) is 27.1. The summed E-state index contributed by atoms with van der Waals surface area (Å²) in [6.45, 7) is 2.28. The maximum atomic E-state index is 8.55. The minimum absolute atomic E-state index is 0.730. The zero-order valence-corrected chi connectivity index (χ0v) is 19.8.